The summed E-state index contributed by atoms with van der Waals surface area (Å²) in [5.74, 6) is 1.87. The molecule has 1 aromatic rings. The smallest absolute Gasteiger partial charge is 0.119 e. The van der Waals surface area contributed by atoms with Gasteiger partial charge in [-0.3, -0.25) is 4.90 Å². The van der Waals surface area contributed by atoms with Crippen molar-refractivity contribution in [2.75, 3.05) is 13.1 Å². The molecule has 116 valence electrons. The number of benzene rings is 1. The summed E-state index contributed by atoms with van der Waals surface area (Å²) in [5.41, 5.74) is 7.64. The van der Waals surface area contributed by atoms with Gasteiger partial charge in [-0.1, -0.05) is 12.1 Å². The fourth-order valence-corrected chi connectivity index (χ4v) is 2.87. The van der Waals surface area contributed by atoms with Crippen LogP contribution in [0.25, 0.3) is 0 Å². The normalized spacial score (nSPS) is 20.0. The van der Waals surface area contributed by atoms with Crippen molar-refractivity contribution in [3.05, 3.63) is 29.8 Å². The predicted molar refractivity (Wildman–Crippen MR) is 86.5 cm³/mol. The Morgan fingerprint density at radius 1 is 1.14 bits per heavy atom. The van der Waals surface area contributed by atoms with E-state index in [2.05, 4.69) is 17.0 Å². The zero-order chi connectivity index (χ0) is 14.8. The largest absolute Gasteiger partial charge is 0.491 e. The van der Waals surface area contributed by atoms with E-state index in [4.69, 9.17) is 10.5 Å². The Morgan fingerprint density at radius 2 is 1.81 bits per heavy atom. The van der Waals surface area contributed by atoms with Gasteiger partial charge in [-0.2, -0.15) is 0 Å². The SMILES string of the molecule is CC(C)Oc1ccc(C(N)CN(CC2CC2)C2CC2)cc1. The fourth-order valence-electron chi connectivity index (χ4n) is 2.87. The maximum atomic E-state index is 6.43. The average molecular weight is 288 g/mol. The number of nitrogens with zero attached hydrogens (tertiary/aromatic N) is 1. The van der Waals surface area contributed by atoms with Crippen LogP contribution < -0.4 is 10.5 Å². The number of nitrogens with two attached hydrogens (primary N) is 1. The molecule has 2 N–H and O–H groups in total. The molecule has 0 heterocycles. The van der Waals surface area contributed by atoms with Gasteiger partial charge in [0.05, 0.1) is 6.10 Å². The van der Waals surface area contributed by atoms with Gasteiger partial charge >= 0.3 is 0 Å². The predicted octanol–water partition coefficient (Wildman–Crippen LogP) is 3.35. The maximum absolute atomic E-state index is 6.43. The topological polar surface area (TPSA) is 38.5 Å². The van der Waals surface area contributed by atoms with E-state index in [1.807, 2.05) is 26.0 Å². The standard InChI is InChI=1S/C18H28N2O/c1-13(2)21-17-9-5-15(6-10-17)18(19)12-20(16-7-8-16)11-14-3-4-14/h5-6,9-10,13-14,16,18H,3-4,7-8,11-12,19H2,1-2H3. The maximum Gasteiger partial charge on any atom is 0.119 e. The van der Waals surface area contributed by atoms with Crippen LogP contribution in [-0.4, -0.2) is 30.1 Å². The molecule has 3 heteroatoms. The van der Waals surface area contributed by atoms with Gasteiger partial charge < -0.3 is 10.5 Å². The Hall–Kier alpha value is -1.06. The number of rotatable bonds is 8. The van der Waals surface area contributed by atoms with E-state index in [0.717, 1.165) is 24.3 Å². The van der Waals surface area contributed by atoms with Gasteiger partial charge in [0.2, 0.25) is 0 Å². The van der Waals surface area contributed by atoms with Gasteiger partial charge in [-0.25, -0.2) is 0 Å². The average Bonchev–Trinajstić information content (AvgIpc) is 3.31. The van der Waals surface area contributed by atoms with Crippen molar-refractivity contribution in [3.63, 3.8) is 0 Å². The van der Waals surface area contributed by atoms with Crippen LogP contribution in [0.2, 0.25) is 0 Å². The minimum atomic E-state index is 0.109. The summed E-state index contributed by atoms with van der Waals surface area (Å²) in [6.45, 7) is 6.34. The number of hydrogen-bond donors (Lipinski definition) is 1. The van der Waals surface area contributed by atoms with E-state index in [9.17, 15) is 0 Å². The van der Waals surface area contributed by atoms with E-state index < -0.39 is 0 Å². The molecule has 0 radical (unpaired) electrons. The van der Waals surface area contributed by atoms with Crippen LogP contribution in [0, 0.1) is 5.92 Å². The van der Waals surface area contributed by atoms with Crippen molar-refractivity contribution in [2.45, 2.75) is 57.7 Å². The molecule has 0 bridgehead atoms. The molecular weight excluding hydrogens is 260 g/mol. The first-order valence-corrected chi connectivity index (χ1v) is 8.38. The Labute approximate surface area is 128 Å². The van der Waals surface area contributed by atoms with Gasteiger partial charge in [0.15, 0.2) is 0 Å². The molecular formula is C18H28N2O. The zero-order valence-corrected chi connectivity index (χ0v) is 13.3. The van der Waals surface area contributed by atoms with Crippen LogP contribution in [0.15, 0.2) is 24.3 Å². The van der Waals surface area contributed by atoms with Crippen molar-refractivity contribution >= 4 is 0 Å². The number of ether oxygens (including phenoxy) is 1. The monoisotopic (exact) mass is 288 g/mol. The van der Waals surface area contributed by atoms with E-state index in [1.165, 1.54) is 37.8 Å². The lowest BCUT2D eigenvalue weighted by molar-refractivity contribution is 0.236. The van der Waals surface area contributed by atoms with Gasteiger partial charge in [0.25, 0.3) is 0 Å². The van der Waals surface area contributed by atoms with Crippen molar-refractivity contribution in [1.82, 2.24) is 4.90 Å². The third kappa shape index (κ3) is 4.45. The first kappa shape index (κ1) is 14.9. The van der Waals surface area contributed by atoms with E-state index in [0.29, 0.717) is 0 Å². The highest BCUT2D eigenvalue weighted by atomic mass is 16.5. The van der Waals surface area contributed by atoms with E-state index in [1.54, 1.807) is 0 Å². The summed E-state index contributed by atoms with van der Waals surface area (Å²) < 4.78 is 5.69. The molecule has 2 aliphatic carbocycles. The molecule has 2 saturated carbocycles. The molecule has 3 nitrogen and oxygen atoms in total. The molecule has 1 aromatic carbocycles. The van der Waals surface area contributed by atoms with E-state index >= 15 is 0 Å². The molecule has 3 rings (SSSR count). The molecule has 0 spiro atoms. The van der Waals surface area contributed by atoms with Crippen LogP contribution in [0.1, 0.15) is 51.1 Å². The summed E-state index contributed by atoms with van der Waals surface area (Å²) in [6.07, 6.45) is 5.77. The second-order valence-electron chi connectivity index (χ2n) is 6.97. The Balaban J connectivity index is 1.56. The molecule has 1 unspecified atom stereocenters. The Bertz CT molecular complexity index is 449. The van der Waals surface area contributed by atoms with Gasteiger partial charge in [0, 0.05) is 25.2 Å². The fraction of sp³-hybridized carbons (Fsp3) is 0.667. The van der Waals surface area contributed by atoms with Gasteiger partial charge in [0.1, 0.15) is 5.75 Å². The molecule has 2 fully saturated rings. The van der Waals surface area contributed by atoms with E-state index in [-0.39, 0.29) is 12.1 Å². The van der Waals surface area contributed by atoms with Crippen molar-refractivity contribution in [3.8, 4) is 5.75 Å². The molecule has 0 aromatic heterocycles. The van der Waals surface area contributed by atoms with Crippen molar-refractivity contribution in [1.29, 1.82) is 0 Å². The van der Waals surface area contributed by atoms with Crippen molar-refractivity contribution < 1.29 is 4.74 Å². The highest BCUT2D eigenvalue weighted by Crippen LogP contribution is 2.35. The Morgan fingerprint density at radius 3 is 2.33 bits per heavy atom. The summed E-state index contributed by atoms with van der Waals surface area (Å²) in [6, 6.07) is 9.22. The lowest BCUT2D eigenvalue weighted by Crippen LogP contribution is -2.35. The summed E-state index contributed by atoms with van der Waals surface area (Å²) in [4.78, 5) is 2.63. The third-order valence-electron chi connectivity index (χ3n) is 4.36. The van der Waals surface area contributed by atoms with Crippen LogP contribution in [0.3, 0.4) is 0 Å². The molecule has 1 atom stereocenters. The minimum Gasteiger partial charge on any atom is -0.491 e. The first-order valence-electron chi connectivity index (χ1n) is 8.38. The van der Waals surface area contributed by atoms with Crippen LogP contribution >= 0.6 is 0 Å². The Kier molecular flexibility index (Phi) is 4.51. The highest BCUT2D eigenvalue weighted by molar-refractivity contribution is 5.29. The van der Waals surface area contributed by atoms with Gasteiger partial charge in [-0.05, 0) is 63.1 Å². The van der Waals surface area contributed by atoms with Crippen LogP contribution in [0.5, 0.6) is 5.75 Å². The lowest BCUT2D eigenvalue weighted by atomic mass is 10.1. The molecule has 0 aliphatic heterocycles. The molecule has 21 heavy (non-hydrogen) atoms. The van der Waals surface area contributed by atoms with Gasteiger partial charge in [-0.15, -0.1) is 0 Å². The van der Waals surface area contributed by atoms with Crippen LogP contribution in [-0.2, 0) is 0 Å². The quantitative estimate of drug-likeness (QED) is 0.797. The molecule has 0 amide bonds. The summed E-state index contributed by atoms with van der Waals surface area (Å²) >= 11 is 0. The minimum absolute atomic E-state index is 0.109. The second kappa shape index (κ2) is 6.37. The summed E-state index contributed by atoms with van der Waals surface area (Å²) in [5, 5.41) is 0. The summed E-state index contributed by atoms with van der Waals surface area (Å²) in [7, 11) is 0. The highest BCUT2D eigenvalue weighted by Gasteiger charge is 2.34. The first-order chi connectivity index (χ1) is 10.1. The zero-order valence-electron chi connectivity index (χ0n) is 13.3. The van der Waals surface area contributed by atoms with Crippen molar-refractivity contribution in [2.24, 2.45) is 11.7 Å². The third-order valence-corrected chi connectivity index (χ3v) is 4.36. The molecule has 2 aliphatic rings. The lowest BCUT2D eigenvalue weighted by Gasteiger charge is -2.26. The molecule has 0 saturated heterocycles. The van der Waals surface area contributed by atoms with Crippen LogP contribution in [0.4, 0.5) is 0 Å². The number of hydrogen-bond acceptors (Lipinski definition) is 3. The second-order valence-corrected chi connectivity index (χ2v) is 6.97.